The van der Waals surface area contributed by atoms with E-state index in [1.54, 1.807) is 0 Å². The molecule has 0 heterocycles. The molecule has 0 aromatic heterocycles. The van der Waals surface area contributed by atoms with Crippen molar-refractivity contribution in [2.24, 2.45) is 92.7 Å². The molecule has 8 aliphatic carbocycles. The van der Waals surface area contributed by atoms with Gasteiger partial charge in [-0.1, -0.05) is 267 Å². The summed E-state index contributed by atoms with van der Waals surface area (Å²) < 4.78 is 0. The van der Waals surface area contributed by atoms with Crippen LogP contribution in [-0.2, 0) is 0 Å². The Morgan fingerprint density at radius 1 is 0.221 bits per heavy atom. The first kappa shape index (κ1) is 66.0. The third-order valence-corrected chi connectivity index (χ3v) is 17.9. The highest BCUT2D eigenvalue weighted by Gasteiger charge is 2.33. The minimum absolute atomic E-state index is 0.570. The smallest absolute Gasteiger partial charge is 0.0354 e. The van der Waals surface area contributed by atoms with Crippen LogP contribution in [0.2, 0.25) is 0 Å². The summed E-state index contributed by atoms with van der Waals surface area (Å²) in [6.45, 7) is 46.8. The minimum Gasteiger partial charge on any atom is -0.0628 e. The first-order chi connectivity index (χ1) is 31.6. The number of hydrogen-bond acceptors (Lipinski definition) is 0. The molecule has 0 atom stereocenters. The maximum atomic E-state index is 2.38. The van der Waals surface area contributed by atoms with Gasteiger partial charge >= 0.3 is 0 Å². The Morgan fingerprint density at radius 3 is 0.544 bits per heavy atom. The second-order valence-electron chi connectivity index (χ2n) is 31.1. The lowest BCUT2D eigenvalue weighted by atomic mass is 9.69. The molecule has 0 aromatic rings. The Bertz CT molecular complexity index is 1110. The Labute approximate surface area is 434 Å². The van der Waals surface area contributed by atoms with Gasteiger partial charge in [0, 0.05) is 0 Å². The van der Waals surface area contributed by atoms with Gasteiger partial charge in [-0.05, 0) is 170 Å². The normalized spacial score (nSPS) is 22.2. The largest absolute Gasteiger partial charge is 0.0628 e. The Morgan fingerprint density at radius 2 is 0.397 bits per heavy atom. The van der Waals surface area contributed by atoms with Crippen LogP contribution in [0, 0.1) is 92.7 Å². The fourth-order valence-electron chi connectivity index (χ4n) is 12.4. The van der Waals surface area contributed by atoms with E-state index in [1.165, 1.54) is 205 Å². The molecule has 0 amide bonds. The van der Waals surface area contributed by atoms with Crippen LogP contribution in [0.15, 0.2) is 0 Å². The summed E-state index contributed by atoms with van der Waals surface area (Å²) in [7, 11) is 0. The van der Waals surface area contributed by atoms with E-state index >= 15 is 0 Å². The fourth-order valence-corrected chi connectivity index (χ4v) is 12.4. The van der Waals surface area contributed by atoms with Crippen LogP contribution >= 0.6 is 0 Å². The van der Waals surface area contributed by atoms with Gasteiger partial charge in [-0.15, -0.1) is 0 Å². The van der Waals surface area contributed by atoms with Crippen LogP contribution in [0.1, 0.15) is 344 Å². The molecule has 8 saturated carbocycles. The van der Waals surface area contributed by atoms with Gasteiger partial charge < -0.3 is 0 Å². The fraction of sp³-hybridized carbons (Fsp3) is 1.00. The van der Waals surface area contributed by atoms with E-state index in [2.05, 4.69) is 138 Å². The Hall–Kier alpha value is 0. The molecule has 0 aromatic carbocycles. The van der Waals surface area contributed by atoms with E-state index in [0.29, 0.717) is 21.7 Å². The van der Waals surface area contributed by atoms with E-state index < -0.39 is 0 Å². The van der Waals surface area contributed by atoms with E-state index in [9.17, 15) is 0 Å². The molecule has 0 saturated heterocycles. The summed E-state index contributed by atoms with van der Waals surface area (Å²) in [5.41, 5.74) is 2.36. The molecule has 0 unspecified atom stereocenters. The van der Waals surface area contributed by atoms with Crippen molar-refractivity contribution in [1.29, 1.82) is 0 Å². The van der Waals surface area contributed by atoms with Gasteiger partial charge in [0.2, 0.25) is 0 Å². The van der Waals surface area contributed by atoms with E-state index in [0.717, 1.165) is 71.0 Å². The highest BCUT2D eigenvalue weighted by atomic mass is 14.4. The first-order valence-electron chi connectivity index (χ1n) is 31.6. The van der Waals surface area contributed by atoms with E-state index in [4.69, 9.17) is 0 Å². The molecule has 8 aliphatic rings. The Kier molecular flexibility index (Phi) is 33.5. The van der Waals surface area contributed by atoms with E-state index in [-0.39, 0.29) is 0 Å². The van der Waals surface area contributed by atoms with Crippen molar-refractivity contribution in [3.8, 4) is 0 Å². The van der Waals surface area contributed by atoms with Crippen molar-refractivity contribution in [3.63, 3.8) is 0 Å². The Balaban J connectivity index is 0.000000390. The van der Waals surface area contributed by atoms with Crippen LogP contribution in [0.4, 0.5) is 0 Å². The zero-order valence-electron chi connectivity index (χ0n) is 51.6. The zero-order chi connectivity index (χ0) is 51.6. The molecule has 0 N–H and O–H groups in total. The summed E-state index contributed by atoms with van der Waals surface area (Å²) in [5.74, 6) is 12.2. The molecule has 0 aliphatic heterocycles. The lowest BCUT2D eigenvalue weighted by Crippen LogP contribution is -2.26. The monoisotopic (exact) mass is 953 g/mol. The van der Waals surface area contributed by atoms with Gasteiger partial charge in [0.25, 0.3) is 0 Å². The van der Waals surface area contributed by atoms with Gasteiger partial charge in [0.15, 0.2) is 0 Å². The van der Waals surface area contributed by atoms with E-state index in [1.807, 2.05) is 0 Å². The molecule has 408 valence electrons. The van der Waals surface area contributed by atoms with Crippen LogP contribution in [0.5, 0.6) is 0 Å². The molecule has 8 rings (SSSR count). The van der Waals surface area contributed by atoms with Crippen molar-refractivity contribution in [3.05, 3.63) is 0 Å². The quantitative estimate of drug-likeness (QED) is 0.227. The summed E-state index contributed by atoms with van der Waals surface area (Å²) in [4.78, 5) is 0. The van der Waals surface area contributed by atoms with Crippen LogP contribution in [-0.4, -0.2) is 0 Å². The van der Waals surface area contributed by atoms with Crippen LogP contribution in [0.25, 0.3) is 0 Å². The molecule has 68 heavy (non-hydrogen) atoms. The molecule has 0 radical (unpaired) electrons. The molecule has 8 fully saturated rings. The minimum atomic E-state index is 0.570. The van der Waals surface area contributed by atoms with Gasteiger partial charge in [-0.3, -0.25) is 0 Å². The van der Waals surface area contributed by atoms with Crippen molar-refractivity contribution in [2.75, 3.05) is 0 Å². The van der Waals surface area contributed by atoms with Crippen molar-refractivity contribution >= 4 is 0 Å². The predicted octanol–water partition coefficient (Wildman–Crippen LogP) is 24.2. The highest BCUT2D eigenvalue weighted by molar-refractivity contribution is 4.84. The molecular weight excluding hydrogens is 817 g/mol. The summed E-state index contributed by atoms with van der Waals surface area (Å²) in [6.07, 6.45) is 47.6. The van der Waals surface area contributed by atoms with Gasteiger partial charge in [0.1, 0.15) is 0 Å². The molecule has 0 nitrogen and oxygen atoms in total. The second-order valence-corrected chi connectivity index (χ2v) is 31.1. The standard InChI is InChI=1S/2C10H20.2C9H18.2C8H16.2C7H14/c1-10(2,3)9-7-5-4-6-8-9;1-9(2)8-10-6-4-3-5-7-10;1-9(2,3)8-6-4-5-7-8;1-8(2)7-9-5-3-4-6-9;1-8(2,3)7-5-4-6-7;1-7(2)6-8-4-3-5-8;1-7(2,3)6-4-5-6;1-6(2)5-7-3-4-7/h9H,4-8H2,1-3H3;9-10H,3-8H2,1-2H3;8H,4-7H2,1-3H3;8-9H,3-7H2,1-2H3;7H,4-6H2,1-3H3;7-8H,3-6H2,1-2H3;6H,4-5H2,1-3H3;6-7H,3-5H2,1-2H3. The first-order valence-corrected chi connectivity index (χ1v) is 31.6. The lowest BCUT2D eigenvalue weighted by molar-refractivity contribution is 0.141. The van der Waals surface area contributed by atoms with Gasteiger partial charge in [-0.25, -0.2) is 0 Å². The molecular formula is C68H136. The average Bonchev–Trinajstić information content (AvgIpc) is 4.09. The van der Waals surface area contributed by atoms with Gasteiger partial charge in [0.05, 0.1) is 0 Å². The lowest BCUT2D eigenvalue weighted by Gasteiger charge is -2.37. The third-order valence-electron chi connectivity index (χ3n) is 17.9. The zero-order valence-corrected chi connectivity index (χ0v) is 51.6. The maximum Gasteiger partial charge on any atom is -0.0354 e. The average molecular weight is 954 g/mol. The van der Waals surface area contributed by atoms with Crippen molar-refractivity contribution in [2.45, 2.75) is 344 Å². The SMILES string of the molecule is CC(C)(C)C1CC1.CC(C)(C)C1CCC1.CC(C)(C)C1CCCC1.CC(C)(C)C1CCCCC1.CC(C)CC1CC1.CC(C)CC1CCC1.CC(C)CC1CCCC1.CC(C)CC1CCCCC1. The van der Waals surface area contributed by atoms with Gasteiger partial charge in [-0.2, -0.15) is 0 Å². The van der Waals surface area contributed by atoms with Crippen molar-refractivity contribution in [1.82, 2.24) is 0 Å². The van der Waals surface area contributed by atoms with Crippen LogP contribution in [0.3, 0.4) is 0 Å². The second kappa shape index (κ2) is 34.5. The molecule has 0 heteroatoms. The predicted molar refractivity (Wildman–Crippen MR) is 313 cm³/mol. The molecule has 0 bridgehead atoms. The summed E-state index contributed by atoms with van der Waals surface area (Å²) >= 11 is 0. The third kappa shape index (κ3) is 36.0. The van der Waals surface area contributed by atoms with Crippen molar-refractivity contribution < 1.29 is 0 Å². The number of hydrogen-bond donors (Lipinski definition) is 0. The summed E-state index contributed by atoms with van der Waals surface area (Å²) in [6, 6.07) is 0. The highest BCUT2D eigenvalue weighted by Crippen LogP contribution is 2.45. The topological polar surface area (TPSA) is 0 Å². The number of rotatable bonds is 8. The maximum absolute atomic E-state index is 2.38. The molecule has 0 spiro atoms. The van der Waals surface area contributed by atoms with Crippen LogP contribution < -0.4 is 0 Å². The summed E-state index contributed by atoms with van der Waals surface area (Å²) in [5, 5.41) is 0.